The molecule has 114 valence electrons. The first-order chi connectivity index (χ1) is 10.4. The highest BCUT2D eigenvalue weighted by Crippen LogP contribution is 2.14. The lowest BCUT2D eigenvalue weighted by Crippen LogP contribution is -2.28. The molecule has 1 amide bonds. The van der Waals surface area contributed by atoms with Gasteiger partial charge in [0, 0.05) is 15.6 Å². The van der Waals surface area contributed by atoms with Crippen molar-refractivity contribution in [3.63, 3.8) is 0 Å². The molecular formula is C15H11BrClNO3S. The van der Waals surface area contributed by atoms with Gasteiger partial charge in [0.1, 0.15) is 0 Å². The van der Waals surface area contributed by atoms with Crippen LogP contribution in [0.3, 0.4) is 0 Å². The molecule has 0 bridgehead atoms. The van der Waals surface area contributed by atoms with Crippen molar-refractivity contribution in [2.45, 2.75) is 4.90 Å². The van der Waals surface area contributed by atoms with Gasteiger partial charge in [-0.25, -0.2) is 13.1 Å². The lowest BCUT2D eigenvalue weighted by atomic mass is 10.2. The lowest BCUT2D eigenvalue weighted by molar-refractivity contribution is -0.114. The molecular weight excluding hydrogens is 390 g/mol. The highest BCUT2D eigenvalue weighted by Gasteiger charge is 2.15. The number of nitrogens with one attached hydrogen (secondary N) is 1. The van der Waals surface area contributed by atoms with Crippen LogP contribution < -0.4 is 4.72 Å². The van der Waals surface area contributed by atoms with Gasteiger partial charge in [-0.15, -0.1) is 0 Å². The van der Waals surface area contributed by atoms with E-state index in [9.17, 15) is 13.2 Å². The van der Waals surface area contributed by atoms with Crippen LogP contribution in [0.25, 0.3) is 6.08 Å². The largest absolute Gasteiger partial charge is 0.269 e. The Hall–Kier alpha value is -1.63. The highest BCUT2D eigenvalue weighted by molar-refractivity contribution is 9.10. The van der Waals surface area contributed by atoms with E-state index >= 15 is 0 Å². The van der Waals surface area contributed by atoms with Gasteiger partial charge in [0.15, 0.2) is 0 Å². The van der Waals surface area contributed by atoms with Crippen molar-refractivity contribution >= 4 is 49.5 Å². The number of benzene rings is 2. The van der Waals surface area contributed by atoms with Crippen LogP contribution in [0.5, 0.6) is 0 Å². The molecule has 2 rings (SSSR count). The first-order valence-corrected chi connectivity index (χ1v) is 8.78. The second-order valence-corrected chi connectivity index (χ2v) is 7.34. The van der Waals surface area contributed by atoms with Gasteiger partial charge in [-0.05, 0) is 48.0 Å². The number of sulfonamides is 1. The van der Waals surface area contributed by atoms with Crippen LogP contribution >= 0.6 is 27.5 Å². The predicted molar refractivity (Wildman–Crippen MR) is 90.0 cm³/mol. The molecule has 0 aliphatic carbocycles. The zero-order valence-electron chi connectivity index (χ0n) is 11.2. The standard InChI is InChI=1S/C15H11BrClNO3S/c16-12-4-8-14(9-5-12)22(20,21)18-15(19)10-3-11-1-6-13(17)7-2-11/h1-10H,(H,18,19)/b10-3+. The van der Waals surface area contributed by atoms with E-state index in [1.54, 1.807) is 36.4 Å². The zero-order valence-corrected chi connectivity index (χ0v) is 14.3. The Labute approximate surface area is 142 Å². The Bertz CT molecular complexity index is 800. The van der Waals surface area contributed by atoms with Crippen molar-refractivity contribution in [3.05, 3.63) is 69.7 Å². The van der Waals surface area contributed by atoms with E-state index < -0.39 is 15.9 Å². The average Bonchev–Trinajstić information content (AvgIpc) is 2.46. The van der Waals surface area contributed by atoms with Crippen LogP contribution in [0, 0.1) is 0 Å². The molecule has 0 aliphatic rings. The van der Waals surface area contributed by atoms with E-state index in [-0.39, 0.29) is 4.90 Å². The number of rotatable bonds is 4. The minimum absolute atomic E-state index is 0.0175. The van der Waals surface area contributed by atoms with Gasteiger partial charge in [-0.2, -0.15) is 0 Å². The third kappa shape index (κ3) is 4.69. The summed E-state index contributed by atoms with van der Waals surface area (Å²) in [5.74, 6) is -0.724. The maximum absolute atomic E-state index is 12.0. The molecule has 4 nitrogen and oxygen atoms in total. The van der Waals surface area contributed by atoms with Crippen molar-refractivity contribution < 1.29 is 13.2 Å². The topological polar surface area (TPSA) is 63.2 Å². The molecule has 0 spiro atoms. The van der Waals surface area contributed by atoms with Crippen LogP contribution in [0.4, 0.5) is 0 Å². The Balaban J connectivity index is 2.07. The number of halogens is 2. The minimum Gasteiger partial charge on any atom is -0.269 e. The first-order valence-electron chi connectivity index (χ1n) is 6.13. The van der Waals surface area contributed by atoms with Gasteiger partial charge in [0.05, 0.1) is 4.90 Å². The van der Waals surface area contributed by atoms with E-state index in [4.69, 9.17) is 11.6 Å². The second-order valence-electron chi connectivity index (χ2n) is 4.31. The maximum Gasteiger partial charge on any atom is 0.264 e. The number of hydrogen-bond donors (Lipinski definition) is 1. The molecule has 1 N–H and O–H groups in total. The van der Waals surface area contributed by atoms with Crippen LogP contribution in [0.2, 0.25) is 5.02 Å². The summed E-state index contributed by atoms with van der Waals surface area (Å²) < 4.78 is 26.8. The summed E-state index contributed by atoms with van der Waals surface area (Å²) in [6, 6.07) is 12.8. The van der Waals surface area contributed by atoms with Crippen molar-refractivity contribution in [3.8, 4) is 0 Å². The van der Waals surface area contributed by atoms with Crippen molar-refractivity contribution in [1.82, 2.24) is 4.72 Å². The monoisotopic (exact) mass is 399 g/mol. The van der Waals surface area contributed by atoms with Crippen molar-refractivity contribution in [1.29, 1.82) is 0 Å². The normalized spacial score (nSPS) is 11.5. The zero-order chi connectivity index (χ0) is 16.2. The molecule has 0 saturated heterocycles. The summed E-state index contributed by atoms with van der Waals surface area (Å²) in [5.41, 5.74) is 0.737. The van der Waals surface area contributed by atoms with E-state index in [2.05, 4.69) is 15.9 Å². The Morgan fingerprint density at radius 3 is 2.23 bits per heavy atom. The van der Waals surface area contributed by atoms with Crippen LogP contribution in [-0.4, -0.2) is 14.3 Å². The third-order valence-electron chi connectivity index (χ3n) is 2.66. The summed E-state index contributed by atoms with van der Waals surface area (Å²) in [6.45, 7) is 0. The summed E-state index contributed by atoms with van der Waals surface area (Å²) >= 11 is 8.97. The van der Waals surface area contributed by atoms with Crippen LogP contribution in [0.1, 0.15) is 5.56 Å². The smallest absolute Gasteiger partial charge is 0.264 e. The molecule has 0 atom stereocenters. The Morgan fingerprint density at radius 2 is 1.64 bits per heavy atom. The SMILES string of the molecule is O=C(/C=C/c1ccc(Cl)cc1)NS(=O)(=O)c1ccc(Br)cc1. The maximum atomic E-state index is 12.0. The molecule has 22 heavy (non-hydrogen) atoms. The van der Waals surface area contributed by atoms with Gasteiger partial charge in [0.25, 0.3) is 15.9 Å². The van der Waals surface area contributed by atoms with Gasteiger partial charge in [0.2, 0.25) is 0 Å². The molecule has 0 aliphatic heterocycles. The number of amides is 1. The summed E-state index contributed by atoms with van der Waals surface area (Å²) in [6.07, 6.45) is 2.66. The van der Waals surface area contributed by atoms with E-state index in [1.165, 1.54) is 18.2 Å². The molecule has 0 unspecified atom stereocenters. The minimum atomic E-state index is -3.88. The highest BCUT2D eigenvalue weighted by atomic mass is 79.9. The summed E-state index contributed by atoms with van der Waals surface area (Å²) in [4.78, 5) is 11.7. The number of carbonyl (C=O) groups excluding carboxylic acids is 1. The van der Waals surface area contributed by atoms with Gasteiger partial charge in [-0.3, -0.25) is 4.79 Å². The fourth-order valence-corrected chi connectivity index (χ4v) is 2.92. The Morgan fingerprint density at radius 1 is 1.05 bits per heavy atom. The van der Waals surface area contributed by atoms with Gasteiger partial charge in [-0.1, -0.05) is 39.7 Å². The van der Waals surface area contributed by atoms with E-state index in [0.29, 0.717) is 5.02 Å². The van der Waals surface area contributed by atoms with Crippen LogP contribution in [0.15, 0.2) is 64.0 Å². The van der Waals surface area contributed by atoms with E-state index in [0.717, 1.165) is 16.1 Å². The molecule has 7 heteroatoms. The fourth-order valence-electron chi connectivity index (χ4n) is 1.58. The summed E-state index contributed by atoms with van der Waals surface area (Å²) in [5, 5.41) is 0.583. The first kappa shape index (κ1) is 16.7. The van der Waals surface area contributed by atoms with Gasteiger partial charge >= 0.3 is 0 Å². The predicted octanol–water partition coefficient (Wildman–Crippen LogP) is 3.62. The van der Waals surface area contributed by atoms with Crippen LogP contribution in [-0.2, 0) is 14.8 Å². The fraction of sp³-hybridized carbons (Fsp3) is 0. The Kier molecular flexibility index (Phi) is 5.39. The number of hydrogen-bond acceptors (Lipinski definition) is 3. The molecule has 2 aromatic carbocycles. The summed E-state index contributed by atoms with van der Waals surface area (Å²) in [7, 11) is -3.88. The average molecular weight is 401 g/mol. The van der Waals surface area contributed by atoms with Crippen molar-refractivity contribution in [2.75, 3.05) is 0 Å². The molecule has 0 heterocycles. The molecule has 0 saturated carbocycles. The molecule has 0 radical (unpaired) electrons. The molecule has 0 aromatic heterocycles. The van der Waals surface area contributed by atoms with Crippen molar-refractivity contribution in [2.24, 2.45) is 0 Å². The molecule has 0 fully saturated rings. The molecule has 2 aromatic rings. The van der Waals surface area contributed by atoms with E-state index in [1.807, 2.05) is 4.72 Å². The second kappa shape index (κ2) is 7.09. The number of carbonyl (C=O) groups is 1. The third-order valence-corrected chi connectivity index (χ3v) is 4.80. The lowest BCUT2D eigenvalue weighted by Gasteiger charge is -2.04. The quantitative estimate of drug-likeness (QED) is 0.797. The van der Waals surface area contributed by atoms with Gasteiger partial charge < -0.3 is 0 Å².